The predicted molar refractivity (Wildman–Crippen MR) is 115 cm³/mol. The molecular weight excluding hydrogens is 394 g/mol. The maximum atomic E-state index is 12.8. The minimum absolute atomic E-state index is 0.0605. The average Bonchev–Trinajstić information content (AvgIpc) is 3.43. The third kappa shape index (κ3) is 3.81. The highest BCUT2D eigenvalue weighted by molar-refractivity contribution is 6.07. The molecule has 1 fully saturated rings. The Bertz CT molecular complexity index is 1270. The molecule has 2 aromatic heterocycles. The number of benzene rings is 1. The van der Waals surface area contributed by atoms with Crippen molar-refractivity contribution in [1.82, 2.24) is 20.2 Å². The monoisotopic (exact) mass is 417 g/mol. The summed E-state index contributed by atoms with van der Waals surface area (Å²) < 4.78 is 0. The maximum Gasteiger partial charge on any atom is 0.261 e. The molecule has 31 heavy (non-hydrogen) atoms. The lowest BCUT2D eigenvalue weighted by Crippen LogP contribution is -2.32. The smallest absolute Gasteiger partial charge is 0.261 e. The number of nitrogens with zero attached hydrogens (tertiary/aromatic N) is 2. The van der Waals surface area contributed by atoms with E-state index in [9.17, 15) is 14.4 Å². The fraction of sp³-hybridized carbons (Fsp3) is 0.348. The Morgan fingerprint density at radius 2 is 1.97 bits per heavy atom. The molecular formula is C23H23N5O3. The normalized spacial score (nSPS) is 17.3. The van der Waals surface area contributed by atoms with Crippen LogP contribution >= 0.6 is 0 Å². The maximum absolute atomic E-state index is 12.8. The highest BCUT2D eigenvalue weighted by Crippen LogP contribution is 2.38. The highest BCUT2D eigenvalue weighted by atomic mass is 16.2. The van der Waals surface area contributed by atoms with Gasteiger partial charge in [-0.1, -0.05) is 26.0 Å². The number of carbonyl (C=O) groups excluding carboxylic acids is 2. The standard InChI is InChI=1S/C23H23N5O3/c1-23(2)10-17-15(18(29)11-23)9-16(22(31)25-17)21(30)24-14-5-3-4-13(8-14)20-26-19(27-28-20)12-6-7-12/h3-5,8-9,12H,6-7,10-11H2,1-2H3,(H,24,30)(H,25,31)(H,26,27,28). The summed E-state index contributed by atoms with van der Waals surface area (Å²) in [6.07, 6.45) is 3.22. The van der Waals surface area contributed by atoms with Crippen LogP contribution in [0.5, 0.6) is 0 Å². The third-order valence-corrected chi connectivity index (χ3v) is 5.81. The van der Waals surface area contributed by atoms with Crippen LogP contribution in [0.4, 0.5) is 5.69 Å². The summed E-state index contributed by atoms with van der Waals surface area (Å²) in [6.45, 7) is 3.98. The summed E-state index contributed by atoms with van der Waals surface area (Å²) in [5.74, 6) is 1.30. The topological polar surface area (TPSA) is 121 Å². The molecule has 3 aromatic rings. The van der Waals surface area contributed by atoms with Crippen LogP contribution in [0.15, 0.2) is 35.1 Å². The van der Waals surface area contributed by atoms with E-state index in [-0.39, 0.29) is 16.8 Å². The number of pyridine rings is 1. The zero-order valence-electron chi connectivity index (χ0n) is 17.4. The summed E-state index contributed by atoms with van der Waals surface area (Å²) in [6, 6.07) is 8.57. The fourth-order valence-corrected chi connectivity index (χ4v) is 4.07. The zero-order chi connectivity index (χ0) is 21.8. The van der Waals surface area contributed by atoms with E-state index >= 15 is 0 Å². The van der Waals surface area contributed by atoms with Crippen LogP contribution in [0.25, 0.3) is 11.4 Å². The van der Waals surface area contributed by atoms with Gasteiger partial charge in [0.15, 0.2) is 11.6 Å². The van der Waals surface area contributed by atoms with Crippen molar-refractivity contribution in [2.75, 3.05) is 5.32 Å². The molecule has 8 heteroatoms. The van der Waals surface area contributed by atoms with Gasteiger partial charge in [0.2, 0.25) is 0 Å². The van der Waals surface area contributed by atoms with Gasteiger partial charge in [-0.25, -0.2) is 4.98 Å². The average molecular weight is 417 g/mol. The van der Waals surface area contributed by atoms with Crippen molar-refractivity contribution in [2.24, 2.45) is 5.41 Å². The summed E-state index contributed by atoms with van der Waals surface area (Å²) >= 11 is 0. The van der Waals surface area contributed by atoms with Crippen molar-refractivity contribution >= 4 is 17.4 Å². The van der Waals surface area contributed by atoms with Crippen LogP contribution in [0.2, 0.25) is 0 Å². The Labute approximate surface area is 178 Å². The minimum Gasteiger partial charge on any atom is -0.325 e. The molecule has 0 radical (unpaired) electrons. The number of Topliss-reactive ketones (excluding diaryl/α,β-unsaturated/α-hetero) is 1. The second-order valence-electron chi connectivity index (χ2n) is 9.20. The van der Waals surface area contributed by atoms with Crippen LogP contribution in [0, 0.1) is 5.41 Å². The first kappa shape index (κ1) is 19.4. The number of anilines is 1. The van der Waals surface area contributed by atoms with Gasteiger partial charge in [0, 0.05) is 34.8 Å². The van der Waals surface area contributed by atoms with E-state index < -0.39 is 11.5 Å². The van der Waals surface area contributed by atoms with Gasteiger partial charge in [-0.05, 0) is 42.9 Å². The van der Waals surface area contributed by atoms with Crippen molar-refractivity contribution < 1.29 is 9.59 Å². The molecule has 1 saturated carbocycles. The largest absolute Gasteiger partial charge is 0.325 e. The lowest BCUT2D eigenvalue weighted by Gasteiger charge is -2.29. The summed E-state index contributed by atoms with van der Waals surface area (Å²) in [7, 11) is 0. The number of amides is 1. The van der Waals surface area contributed by atoms with Crippen molar-refractivity contribution in [3.05, 3.63) is 63.3 Å². The molecule has 5 rings (SSSR count). The Morgan fingerprint density at radius 3 is 2.74 bits per heavy atom. The molecule has 3 N–H and O–H groups in total. The molecule has 2 aliphatic rings. The number of fused-ring (bicyclic) bond motifs is 1. The molecule has 1 amide bonds. The van der Waals surface area contributed by atoms with Gasteiger partial charge in [0.05, 0.1) is 0 Å². The molecule has 158 valence electrons. The van der Waals surface area contributed by atoms with Crippen molar-refractivity contribution in [2.45, 2.75) is 45.4 Å². The minimum atomic E-state index is -0.563. The van der Waals surface area contributed by atoms with Crippen LogP contribution in [0.1, 0.15) is 71.3 Å². The molecule has 1 aromatic carbocycles. The van der Waals surface area contributed by atoms with E-state index in [1.165, 1.54) is 6.07 Å². The quantitative estimate of drug-likeness (QED) is 0.600. The van der Waals surface area contributed by atoms with Gasteiger partial charge in [-0.3, -0.25) is 19.5 Å². The van der Waals surface area contributed by atoms with Crippen molar-refractivity contribution in [3.8, 4) is 11.4 Å². The van der Waals surface area contributed by atoms with Crippen LogP contribution in [-0.2, 0) is 6.42 Å². The van der Waals surface area contributed by atoms with Crippen molar-refractivity contribution in [1.29, 1.82) is 0 Å². The molecule has 2 heterocycles. The molecule has 0 aliphatic heterocycles. The lowest BCUT2D eigenvalue weighted by atomic mass is 9.75. The first-order valence-corrected chi connectivity index (χ1v) is 10.4. The summed E-state index contributed by atoms with van der Waals surface area (Å²) in [4.78, 5) is 45.2. The van der Waals surface area contributed by atoms with Crippen LogP contribution in [0.3, 0.4) is 0 Å². The Kier molecular flexibility index (Phi) is 4.39. The summed E-state index contributed by atoms with van der Waals surface area (Å²) in [5, 5.41) is 9.99. The number of hydrogen-bond donors (Lipinski definition) is 3. The van der Waals surface area contributed by atoms with E-state index in [1.807, 2.05) is 19.9 Å². The first-order chi connectivity index (χ1) is 14.8. The Morgan fingerprint density at radius 1 is 1.16 bits per heavy atom. The number of ketones is 1. The molecule has 0 atom stereocenters. The van der Waals surface area contributed by atoms with E-state index in [0.717, 1.165) is 24.2 Å². The van der Waals surface area contributed by atoms with Gasteiger partial charge >= 0.3 is 0 Å². The van der Waals surface area contributed by atoms with Gasteiger partial charge < -0.3 is 10.3 Å². The number of aromatic amines is 2. The fourth-order valence-electron chi connectivity index (χ4n) is 4.07. The number of nitrogens with one attached hydrogen (secondary N) is 3. The molecule has 0 unspecified atom stereocenters. The lowest BCUT2D eigenvalue weighted by molar-refractivity contribution is 0.0910. The Hall–Kier alpha value is -3.55. The van der Waals surface area contributed by atoms with E-state index in [1.54, 1.807) is 18.2 Å². The van der Waals surface area contributed by atoms with Gasteiger partial charge in [-0.2, -0.15) is 5.10 Å². The van der Waals surface area contributed by atoms with Gasteiger partial charge in [0.1, 0.15) is 11.4 Å². The number of aromatic nitrogens is 4. The molecule has 8 nitrogen and oxygen atoms in total. The number of carbonyl (C=O) groups is 2. The van der Waals surface area contributed by atoms with Gasteiger partial charge in [0.25, 0.3) is 11.5 Å². The Balaban J connectivity index is 1.40. The number of hydrogen-bond acceptors (Lipinski definition) is 5. The van der Waals surface area contributed by atoms with Gasteiger partial charge in [-0.15, -0.1) is 0 Å². The predicted octanol–water partition coefficient (Wildman–Crippen LogP) is 3.44. The summed E-state index contributed by atoms with van der Waals surface area (Å²) in [5.41, 5.74) is 1.51. The molecule has 0 saturated heterocycles. The number of rotatable bonds is 4. The third-order valence-electron chi connectivity index (χ3n) is 5.81. The number of H-pyrrole nitrogens is 2. The second-order valence-corrected chi connectivity index (χ2v) is 9.20. The zero-order valence-corrected chi connectivity index (χ0v) is 17.4. The molecule has 0 bridgehead atoms. The first-order valence-electron chi connectivity index (χ1n) is 10.4. The van der Waals surface area contributed by atoms with Crippen molar-refractivity contribution in [3.63, 3.8) is 0 Å². The van der Waals surface area contributed by atoms with E-state index in [0.29, 0.717) is 41.5 Å². The SMILES string of the molecule is CC1(C)CC(=O)c2cc(C(=O)Nc3cccc(-c4n[nH]c(C5CC5)n4)c3)c(=O)[nH]c2C1. The highest BCUT2D eigenvalue weighted by Gasteiger charge is 2.32. The second kappa shape index (κ2) is 7.01. The van der Waals surface area contributed by atoms with E-state index in [4.69, 9.17) is 0 Å². The van der Waals surface area contributed by atoms with Crippen LogP contribution in [-0.4, -0.2) is 31.9 Å². The molecule has 2 aliphatic carbocycles. The molecule has 0 spiro atoms. The van der Waals surface area contributed by atoms with E-state index in [2.05, 4.69) is 25.5 Å². The van der Waals surface area contributed by atoms with Crippen LogP contribution < -0.4 is 10.9 Å².